The highest BCUT2D eigenvalue weighted by Crippen LogP contribution is 2.44. The molecule has 1 saturated heterocycles. The van der Waals surface area contributed by atoms with E-state index in [1.807, 2.05) is 54.6 Å². The average Bonchev–Trinajstić information content (AvgIpc) is 3.31. The molecule has 0 amide bonds. The highest BCUT2D eigenvalue weighted by molar-refractivity contribution is 6.74. The SMILES string of the molecule is CC1C(Oc2ccc([N+](=O)[O-])cc2)O[C@H](COC(c2ccccc2)(c2ccccc2)c2ccccc2)[C@H]1O[Si](C)(C)C(C)(C)C. The molecule has 7 nitrogen and oxygen atoms in total. The van der Waals surface area contributed by atoms with Crippen LogP contribution in [0, 0.1) is 16.0 Å². The van der Waals surface area contributed by atoms with Crippen LogP contribution in [0.25, 0.3) is 0 Å². The van der Waals surface area contributed by atoms with Crippen molar-refractivity contribution in [1.82, 2.24) is 0 Å². The molecule has 236 valence electrons. The second-order valence-corrected chi connectivity index (χ2v) is 18.0. The molecule has 0 aliphatic carbocycles. The first-order chi connectivity index (χ1) is 21.4. The second kappa shape index (κ2) is 13.3. The van der Waals surface area contributed by atoms with Gasteiger partial charge in [0, 0.05) is 18.1 Å². The van der Waals surface area contributed by atoms with Crippen LogP contribution in [0.3, 0.4) is 0 Å². The minimum Gasteiger partial charge on any atom is -0.465 e. The Balaban J connectivity index is 1.51. The van der Waals surface area contributed by atoms with Crippen LogP contribution >= 0.6 is 0 Å². The van der Waals surface area contributed by atoms with E-state index >= 15 is 0 Å². The first kappa shape index (κ1) is 32.6. The van der Waals surface area contributed by atoms with E-state index < -0.39 is 31.2 Å². The number of hydrogen-bond donors (Lipinski definition) is 0. The summed E-state index contributed by atoms with van der Waals surface area (Å²) in [6, 6.07) is 36.9. The predicted octanol–water partition coefficient (Wildman–Crippen LogP) is 8.73. The van der Waals surface area contributed by atoms with Gasteiger partial charge in [-0.2, -0.15) is 0 Å². The van der Waals surface area contributed by atoms with Crippen LogP contribution in [0.2, 0.25) is 18.1 Å². The Bertz CT molecular complexity index is 1440. The summed E-state index contributed by atoms with van der Waals surface area (Å²) < 4.78 is 27.2. The Morgan fingerprint density at radius 2 is 1.24 bits per heavy atom. The van der Waals surface area contributed by atoms with Crippen molar-refractivity contribution in [3.05, 3.63) is 142 Å². The molecule has 45 heavy (non-hydrogen) atoms. The zero-order valence-electron chi connectivity index (χ0n) is 26.9. The van der Waals surface area contributed by atoms with Crippen molar-refractivity contribution in [2.24, 2.45) is 5.92 Å². The zero-order chi connectivity index (χ0) is 32.2. The van der Waals surface area contributed by atoms with Gasteiger partial charge in [-0.25, -0.2) is 0 Å². The zero-order valence-corrected chi connectivity index (χ0v) is 27.9. The smallest absolute Gasteiger partial charge is 0.269 e. The van der Waals surface area contributed by atoms with Gasteiger partial charge < -0.3 is 18.6 Å². The van der Waals surface area contributed by atoms with Crippen molar-refractivity contribution in [1.29, 1.82) is 0 Å². The molecular formula is C37H43NO6Si. The van der Waals surface area contributed by atoms with E-state index in [4.69, 9.17) is 18.6 Å². The summed E-state index contributed by atoms with van der Waals surface area (Å²) in [6.07, 6.45) is -1.36. The van der Waals surface area contributed by atoms with Crippen molar-refractivity contribution in [2.45, 2.75) is 69.9 Å². The molecule has 0 radical (unpaired) electrons. The van der Waals surface area contributed by atoms with Gasteiger partial charge in [-0.3, -0.25) is 10.1 Å². The Hall–Kier alpha value is -3.82. The van der Waals surface area contributed by atoms with Crippen LogP contribution in [0.1, 0.15) is 44.4 Å². The predicted molar refractivity (Wildman–Crippen MR) is 179 cm³/mol. The highest BCUT2D eigenvalue weighted by Gasteiger charge is 2.50. The first-order valence-corrected chi connectivity index (χ1v) is 18.4. The van der Waals surface area contributed by atoms with E-state index in [1.54, 1.807) is 12.1 Å². The normalized spacial score (nSPS) is 20.6. The van der Waals surface area contributed by atoms with Crippen molar-refractivity contribution in [3.8, 4) is 5.75 Å². The third kappa shape index (κ3) is 6.89. The fourth-order valence-electron chi connectivity index (χ4n) is 5.59. The topological polar surface area (TPSA) is 80.1 Å². The van der Waals surface area contributed by atoms with Gasteiger partial charge in [0.2, 0.25) is 6.29 Å². The number of nitrogens with zero attached hydrogens (tertiary/aromatic N) is 1. The largest absolute Gasteiger partial charge is 0.465 e. The summed E-state index contributed by atoms with van der Waals surface area (Å²) in [7, 11) is -2.23. The Labute approximate surface area is 267 Å². The number of nitro benzene ring substituents is 1. The molecule has 1 fully saturated rings. The maximum atomic E-state index is 11.2. The molecule has 1 heterocycles. The summed E-state index contributed by atoms with van der Waals surface area (Å²) in [6.45, 7) is 13.5. The summed E-state index contributed by atoms with van der Waals surface area (Å²) in [5, 5.41) is 11.2. The molecule has 5 rings (SSSR count). The van der Waals surface area contributed by atoms with Gasteiger partial charge in [0.15, 0.2) is 8.32 Å². The van der Waals surface area contributed by atoms with Crippen LogP contribution in [-0.4, -0.2) is 38.3 Å². The molecule has 0 saturated carbocycles. The van der Waals surface area contributed by atoms with E-state index in [2.05, 4.69) is 77.2 Å². The fraction of sp³-hybridized carbons (Fsp3) is 0.351. The summed E-state index contributed by atoms with van der Waals surface area (Å²) in [5.41, 5.74) is 2.12. The molecule has 4 aromatic carbocycles. The molecule has 0 aromatic heterocycles. The van der Waals surface area contributed by atoms with Gasteiger partial charge in [0.1, 0.15) is 17.5 Å². The molecule has 0 N–H and O–H groups in total. The van der Waals surface area contributed by atoms with Crippen LogP contribution in [0.4, 0.5) is 5.69 Å². The van der Waals surface area contributed by atoms with Gasteiger partial charge in [-0.05, 0) is 47.0 Å². The van der Waals surface area contributed by atoms with Crippen LogP contribution in [0.15, 0.2) is 115 Å². The summed E-state index contributed by atoms with van der Waals surface area (Å²) >= 11 is 0. The average molecular weight is 626 g/mol. The minimum atomic E-state index is -2.23. The Morgan fingerprint density at radius 1 is 0.778 bits per heavy atom. The standard InChI is InChI=1S/C37H43NO6Si/c1-27-34(44-45(5,6)36(2,3)4)33(43-35(27)42-32-24-22-31(23-25-32)38(39)40)26-41-37(28-16-10-7-11-17-28,29-18-12-8-13-19-29)30-20-14-9-15-21-30/h7-25,27,33-35H,26H2,1-6H3/t27?,33-,34+,35?/m1/s1. The number of ether oxygens (including phenoxy) is 3. The maximum absolute atomic E-state index is 11.2. The van der Waals surface area contributed by atoms with E-state index in [0.717, 1.165) is 16.7 Å². The third-order valence-corrected chi connectivity index (χ3v) is 13.6. The van der Waals surface area contributed by atoms with Crippen molar-refractivity contribution in [2.75, 3.05) is 6.61 Å². The second-order valence-electron chi connectivity index (χ2n) is 13.2. The summed E-state index contributed by atoms with van der Waals surface area (Å²) in [5.74, 6) is 0.361. The summed E-state index contributed by atoms with van der Waals surface area (Å²) in [4.78, 5) is 10.8. The molecule has 8 heteroatoms. The number of rotatable bonds is 11. The molecule has 2 unspecified atom stereocenters. The number of hydrogen-bond acceptors (Lipinski definition) is 6. The minimum absolute atomic E-state index is 0.00669. The van der Waals surface area contributed by atoms with Crippen molar-refractivity contribution in [3.63, 3.8) is 0 Å². The molecular weight excluding hydrogens is 582 g/mol. The molecule has 0 bridgehead atoms. The van der Waals surface area contributed by atoms with E-state index in [0.29, 0.717) is 5.75 Å². The van der Waals surface area contributed by atoms with E-state index in [1.165, 1.54) is 12.1 Å². The van der Waals surface area contributed by atoms with E-state index in [-0.39, 0.29) is 29.4 Å². The molecule has 1 aliphatic heterocycles. The Morgan fingerprint density at radius 3 is 1.67 bits per heavy atom. The maximum Gasteiger partial charge on any atom is 0.269 e. The molecule has 1 aliphatic rings. The van der Waals surface area contributed by atoms with Crippen LogP contribution in [0.5, 0.6) is 5.75 Å². The van der Waals surface area contributed by atoms with Gasteiger partial charge >= 0.3 is 0 Å². The van der Waals surface area contributed by atoms with Gasteiger partial charge in [-0.15, -0.1) is 0 Å². The lowest BCUT2D eigenvalue weighted by atomic mass is 9.80. The third-order valence-electron chi connectivity index (χ3n) is 9.16. The lowest BCUT2D eigenvalue weighted by molar-refractivity contribution is -0.384. The number of nitro groups is 1. The monoisotopic (exact) mass is 625 g/mol. The van der Waals surface area contributed by atoms with Gasteiger partial charge in [0.25, 0.3) is 5.69 Å². The first-order valence-electron chi connectivity index (χ1n) is 15.5. The van der Waals surface area contributed by atoms with E-state index in [9.17, 15) is 10.1 Å². The van der Waals surface area contributed by atoms with Gasteiger partial charge in [-0.1, -0.05) is 119 Å². The number of benzene rings is 4. The lowest BCUT2D eigenvalue weighted by Gasteiger charge is -2.41. The highest BCUT2D eigenvalue weighted by atomic mass is 28.4. The van der Waals surface area contributed by atoms with Crippen molar-refractivity contribution >= 4 is 14.0 Å². The number of non-ortho nitro benzene ring substituents is 1. The molecule has 0 spiro atoms. The quantitative estimate of drug-likeness (QED) is 0.0718. The van der Waals surface area contributed by atoms with Crippen molar-refractivity contribution < 1.29 is 23.6 Å². The fourth-order valence-corrected chi connectivity index (χ4v) is 6.99. The van der Waals surface area contributed by atoms with Gasteiger partial charge in [0.05, 0.1) is 17.6 Å². The lowest BCUT2D eigenvalue weighted by Crippen LogP contribution is -2.49. The molecule has 4 aromatic rings. The van der Waals surface area contributed by atoms with Crippen LogP contribution < -0.4 is 4.74 Å². The Kier molecular flexibility index (Phi) is 9.60. The van der Waals surface area contributed by atoms with Crippen LogP contribution in [-0.2, 0) is 19.5 Å². The molecule has 4 atom stereocenters.